The minimum Gasteiger partial charge on any atom is -0.292 e. The Morgan fingerprint density at radius 1 is 0.656 bits per heavy atom. The zero-order valence-electron chi connectivity index (χ0n) is 18.0. The molecule has 3 heterocycles. The lowest BCUT2D eigenvalue weighted by Crippen LogP contribution is -2.66. The lowest BCUT2D eigenvalue weighted by atomic mass is 9.67. The summed E-state index contributed by atoms with van der Waals surface area (Å²) in [7, 11) is 0. The first-order valence-electron chi connectivity index (χ1n) is 11.5. The maximum absolute atomic E-state index is 14.4. The van der Waals surface area contributed by atoms with Crippen molar-refractivity contribution >= 4 is 33.1 Å². The van der Waals surface area contributed by atoms with Crippen molar-refractivity contribution in [3.8, 4) is 0 Å². The number of carbonyl (C=O) groups excluding carboxylic acids is 2. The molecular formula is C29H25NO2. The fourth-order valence-electron chi connectivity index (χ4n) is 5.93. The van der Waals surface area contributed by atoms with Gasteiger partial charge in [0.1, 0.15) is 5.54 Å². The van der Waals surface area contributed by atoms with Gasteiger partial charge in [0, 0.05) is 11.1 Å². The van der Waals surface area contributed by atoms with E-state index in [1.165, 1.54) is 0 Å². The van der Waals surface area contributed by atoms with Gasteiger partial charge in [-0.15, -0.1) is 0 Å². The highest BCUT2D eigenvalue weighted by molar-refractivity contribution is 6.28. The van der Waals surface area contributed by atoms with E-state index < -0.39 is 5.54 Å². The van der Waals surface area contributed by atoms with Crippen molar-refractivity contribution in [1.29, 1.82) is 0 Å². The highest BCUT2D eigenvalue weighted by atomic mass is 16.2. The number of hydrogen-bond acceptors (Lipinski definition) is 3. The average Bonchev–Trinajstić information content (AvgIpc) is 2.87. The summed E-state index contributed by atoms with van der Waals surface area (Å²) in [5, 5.41) is 3.91. The number of benzene rings is 4. The van der Waals surface area contributed by atoms with Gasteiger partial charge in [-0.3, -0.25) is 14.5 Å². The Bertz CT molecular complexity index is 1260. The van der Waals surface area contributed by atoms with Gasteiger partial charge in [0.2, 0.25) is 0 Å². The molecule has 3 saturated heterocycles. The third-order valence-electron chi connectivity index (χ3n) is 7.56. The van der Waals surface area contributed by atoms with Crippen molar-refractivity contribution < 1.29 is 9.59 Å². The van der Waals surface area contributed by atoms with Gasteiger partial charge in [0.25, 0.3) is 0 Å². The first-order valence-corrected chi connectivity index (χ1v) is 11.5. The Labute approximate surface area is 187 Å². The van der Waals surface area contributed by atoms with E-state index in [1.807, 2.05) is 84.9 Å². The van der Waals surface area contributed by atoms with Crippen LogP contribution in [-0.2, 0) is 0 Å². The molecule has 3 aliphatic rings. The van der Waals surface area contributed by atoms with Crippen LogP contribution in [0.15, 0.2) is 84.9 Å². The Morgan fingerprint density at radius 2 is 1.12 bits per heavy atom. The molecular weight excluding hydrogens is 394 g/mol. The quantitative estimate of drug-likeness (QED) is 0.305. The van der Waals surface area contributed by atoms with Crippen LogP contribution in [0.25, 0.3) is 21.5 Å². The second-order valence-corrected chi connectivity index (χ2v) is 9.21. The van der Waals surface area contributed by atoms with E-state index in [0.717, 1.165) is 47.5 Å². The molecule has 3 heteroatoms. The van der Waals surface area contributed by atoms with Gasteiger partial charge in [-0.1, -0.05) is 84.9 Å². The van der Waals surface area contributed by atoms with E-state index in [0.29, 0.717) is 23.5 Å². The molecule has 0 saturated carbocycles. The van der Waals surface area contributed by atoms with Gasteiger partial charge in [0.15, 0.2) is 11.6 Å². The predicted molar refractivity (Wildman–Crippen MR) is 128 cm³/mol. The molecule has 0 spiro atoms. The summed E-state index contributed by atoms with van der Waals surface area (Å²) in [6.07, 6.45) is 2.73. The van der Waals surface area contributed by atoms with E-state index in [2.05, 4.69) is 4.90 Å². The molecule has 3 aliphatic heterocycles. The molecule has 0 radical (unpaired) electrons. The number of fused-ring (bicyclic) bond motifs is 5. The number of carbonyl (C=O) groups is 2. The van der Waals surface area contributed by atoms with E-state index in [4.69, 9.17) is 0 Å². The number of piperidine rings is 3. The number of rotatable bonds is 4. The standard InChI is InChI=1S/C29H25NO2/c31-27(25-13-5-9-21-7-1-3-11-23(21)25)29(19-20-15-17-30(29)18-16-20)28(32)26-14-6-10-22-8-2-4-12-24(22)26/h1-14,20H,15-19H2. The molecule has 0 amide bonds. The molecule has 32 heavy (non-hydrogen) atoms. The third-order valence-corrected chi connectivity index (χ3v) is 7.56. The van der Waals surface area contributed by atoms with Crippen LogP contribution in [0.5, 0.6) is 0 Å². The summed E-state index contributed by atoms with van der Waals surface area (Å²) in [4.78, 5) is 31.0. The SMILES string of the molecule is O=C(c1cccc2ccccc12)C1(C(=O)c2cccc3ccccc23)CC2CCN1CC2. The molecule has 2 bridgehead atoms. The summed E-state index contributed by atoms with van der Waals surface area (Å²) in [5.74, 6) is 0.325. The number of Topliss-reactive ketones (excluding diaryl/α,β-unsaturated/α-hetero) is 2. The number of ketones is 2. The molecule has 0 unspecified atom stereocenters. The monoisotopic (exact) mass is 419 g/mol. The Kier molecular flexibility index (Phi) is 4.48. The maximum atomic E-state index is 14.4. The van der Waals surface area contributed by atoms with Crippen molar-refractivity contribution in [3.63, 3.8) is 0 Å². The Morgan fingerprint density at radius 3 is 1.59 bits per heavy atom. The van der Waals surface area contributed by atoms with Crippen LogP contribution in [0.2, 0.25) is 0 Å². The summed E-state index contributed by atoms with van der Waals surface area (Å²) in [6.45, 7) is 1.61. The molecule has 0 atom stereocenters. The summed E-state index contributed by atoms with van der Waals surface area (Å²) in [6, 6.07) is 27.7. The second kappa shape index (κ2) is 7.39. The van der Waals surface area contributed by atoms with E-state index in [9.17, 15) is 9.59 Å². The van der Waals surface area contributed by atoms with Crippen LogP contribution in [-0.4, -0.2) is 35.1 Å². The van der Waals surface area contributed by atoms with Gasteiger partial charge in [0.05, 0.1) is 0 Å². The zero-order valence-corrected chi connectivity index (χ0v) is 18.0. The first-order chi connectivity index (χ1) is 15.7. The minimum absolute atomic E-state index is 0.0448. The predicted octanol–water partition coefficient (Wildman–Crippen LogP) is 5.91. The highest BCUT2D eigenvalue weighted by Crippen LogP contribution is 2.44. The first kappa shape index (κ1) is 19.4. The second-order valence-electron chi connectivity index (χ2n) is 9.21. The van der Waals surface area contributed by atoms with Crippen LogP contribution in [0.1, 0.15) is 40.0 Å². The number of nitrogens with zero attached hydrogens (tertiary/aromatic N) is 1. The zero-order chi connectivity index (χ0) is 21.7. The van der Waals surface area contributed by atoms with Crippen molar-refractivity contribution in [1.82, 2.24) is 4.90 Å². The molecule has 0 aliphatic carbocycles. The van der Waals surface area contributed by atoms with Gasteiger partial charge in [-0.25, -0.2) is 0 Å². The molecule has 3 nitrogen and oxygen atoms in total. The molecule has 4 aromatic rings. The van der Waals surface area contributed by atoms with Crippen LogP contribution in [0.4, 0.5) is 0 Å². The molecule has 7 rings (SSSR count). The topological polar surface area (TPSA) is 37.4 Å². The van der Waals surface area contributed by atoms with Gasteiger partial charge in [-0.05, 0) is 59.8 Å². The molecule has 158 valence electrons. The summed E-state index contributed by atoms with van der Waals surface area (Å²) >= 11 is 0. The van der Waals surface area contributed by atoms with Crippen LogP contribution in [0.3, 0.4) is 0 Å². The normalized spacial score (nSPS) is 21.6. The van der Waals surface area contributed by atoms with Gasteiger partial charge in [-0.2, -0.15) is 0 Å². The molecule has 4 aromatic carbocycles. The Hall–Kier alpha value is -3.30. The van der Waals surface area contributed by atoms with Crippen molar-refractivity contribution in [2.45, 2.75) is 24.8 Å². The minimum atomic E-state index is -1.13. The maximum Gasteiger partial charge on any atom is 0.191 e. The van der Waals surface area contributed by atoms with E-state index in [1.54, 1.807) is 0 Å². The van der Waals surface area contributed by atoms with Crippen molar-refractivity contribution in [2.24, 2.45) is 5.92 Å². The fourth-order valence-corrected chi connectivity index (χ4v) is 5.93. The van der Waals surface area contributed by atoms with Gasteiger partial charge < -0.3 is 0 Å². The molecule has 3 fully saturated rings. The fraction of sp³-hybridized carbons (Fsp3) is 0.241. The van der Waals surface area contributed by atoms with E-state index in [-0.39, 0.29) is 11.6 Å². The average molecular weight is 420 g/mol. The smallest absolute Gasteiger partial charge is 0.191 e. The van der Waals surface area contributed by atoms with Crippen LogP contribution in [0, 0.1) is 5.92 Å². The number of hydrogen-bond donors (Lipinski definition) is 0. The van der Waals surface area contributed by atoms with Crippen LogP contribution >= 0.6 is 0 Å². The van der Waals surface area contributed by atoms with E-state index >= 15 is 0 Å². The lowest BCUT2D eigenvalue weighted by molar-refractivity contribution is -0.00617. The molecule has 0 aromatic heterocycles. The van der Waals surface area contributed by atoms with Gasteiger partial charge >= 0.3 is 0 Å². The third kappa shape index (κ3) is 2.78. The molecule has 0 N–H and O–H groups in total. The summed E-state index contributed by atoms with van der Waals surface area (Å²) < 4.78 is 0. The van der Waals surface area contributed by atoms with Crippen LogP contribution < -0.4 is 0 Å². The largest absolute Gasteiger partial charge is 0.292 e. The van der Waals surface area contributed by atoms with Crippen molar-refractivity contribution in [2.75, 3.05) is 13.1 Å². The highest BCUT2D eigenvalue weighted by Gasteiger charge is 2.56. The van der Waals surface area contributed by atoms with Crippen molar-refractivity contribution in [3.05, 3.63) is 96.1 Å². The Balaban J connectivity index is 1.57. The lowest BCUT2D eigenvalue weighted by Gasteiger charge is -2.52. The summed E-state index contributed by atoms with van der Waals surface area (Å²) in [5.41, 5.74) is 0.184.